The molecule has 18 nitrogen and oxygen atoms in total. The highest BCUT2D eigenvalue weighted by Crippen LogP contribution is 2.40. The number of rotatable bonds is 15. The Morgan fingerprint density at radius 2 is 1.60 bits per heavy atom. The van der Waals surface area contributed by atoms with E-state index in [4.69, 9.17) is 14.2 Å². The summed E-state index contributed by atoms with van der Waals surface area (Å²) in [6.45, 7) is 4.79. The number of piperazine rings is 1. The Kier molecular flexibility index (Phi) is 13.2. The molecule has 22 heteroatoms. The Bertz CT molecular complexity index is 2980. The van der Waals surface area contributed by atoms with E-state index in [1.165, 1.54) is 65.4 Å². The second-order valence-electron chi connectivity index (χ2n) is 17.9. The molecule has 1 atom stereocenters. The molecule has 2 aromatic heterocycles. The number of urea groups is 1. The van der Waals surface area contributed by atoms with Crippen LogP contribution in [0.5, 0.6) is 23.0 Å². The molecule has 5 amide bonds. The number of amides is 5. The third kappa shape index (κ3) is 9.58. The average molecular weight is 988 g/mol. The molecule has 3 aromatic carbocycles. The molecule has 3 fully saturated rings. The number of piperidine rings is 1. The van der Waals surface area contributed by atoms with E-state index < -0.39 is 63.7 Å². The summed E-state index contributed by atoms with van der Waals surface area (Å²) in [7, 11) is -0.603. The van der Waals surface area contributed by atoms with Gasteiger partial charge in [-0.2, -0.15) is 13.9 Å². The molecule has 6 heterocycles. The van der Waals surface area contributed by atoms with Gasteiger partial charge < -0.3 is 19.1 Å². The molecule has 0 aliphatic carbocycles. The third-order valence-corrected chi connectivity index (χ3v) is 14.2. The van der Waals surface area contributed by atoms with Gasteiger partial charge in [-0.1, -0.05) is 6.07 Å². The fourth-order valence-corrected chi connectivity index (χ4v) is 10.7. The van der Waals surface area contributed by atoms with Crippen molar-refractivity contribution < 1.29 is 55.0 Å². The number of likely N-dealkylation sites (tertiary alicyclic amines) is 1. The Morgan fingerprint density at radius 1 is 0.871 bits per heavy atom. The van der Waals surface area contributed by atoms with Gasteiger partial charge in [0.25, 0.3) is 17.7 Å². The number of nitrogens with one attached hydrogen (secondary N) is 1. The van der Waals surface area contributed by atoms with Crippen molar-refractivity contribution in [2.24, 2.45) is 7.05 Å². The number of hydrogen-bond donors (Lipinski definition) is 1. The number of anilines is 2. The monoisotopic (exact) mass is 987 g/mol. The van der Waals surface area contributed by atoms with Crippen molar-refractivity contribution >= 4 is 56.1 Å². The predicted octanol–water partition coefficient (Wildman–Crippen LogP) is 5.51. The first-order chi connectivity index (χ1) is 33.4. The molecule has 9 rings (SSSR count). The minimum atomic E-state index is -3.70. The summed E-state index contributed by atoms with van der Waals surface area (Å²) in [4.78, 5) is 65.3. The zero-order valence-corrected chi connectivity index (χ0v) is 39.8. The number of carbonyl (C=O) groups excluding carboxylic acids is 4. The average Bonchev–Trinajstić information content (AvgIpc) is 3.78. The highest BCUT2D eigenvalue weighted by Gasteiger charge is 2.45. The standard InChI is InChI=1S/C48H52F3N9O9S/c1-5-68-40-24-29(6-11-38(40)67-3)37(27-70(4,65)66)60-45(62)33-12-16-52-44(42(33)46(60)63)58-22-20-57(21-23-58)31-13-17-56(18-14-31)28-48(50,51)30-7-9-32(10-8-30)69-39-26-36-34(25-35(39)49)43(54-55(36)2)59-19-15-41(61)53-47(59)64/h6-12,16,24-26,31,37H,5,13-15,17-23,27-28H2,1-4H3,(H,53,61,64)/t37-/m1/s1. The molecule has 4 aliphatic rings. The lowest BCUT2D eigenvalue weighted by atomic mass is 10.0. The number of halogens is 3. The molecular formula is C48H52F3N9O9S. The number of methoxy groups -OCH3 is 1. The van der Waals surface area contributed by atoms with E-state index in [-0.39, 0.29) is 53.0 Å². The second-order valence-corrected chi connectivity index (χ2v) is 20.0. The summed E-state index contributed by atoms with van der Waals surface area (Å²) in [6.07, 6.45) is 3.93. The van der Waals surface area contributed by atoms with Gasteiger partial charge in [0, 0.05) is 81.7 Å². The van der Waals surface area contributed by atoms with Crippen LogP contribution in [-0.4, -0.2) is 146 Å². The zero-order valence-electron chi connectivity index (χ0n) is 39.0. The van der Waals surface area contributed by atoms with Gasteiger partial charge in [0.05, 0.1) is 48.7 Å². The van der Waals surface area contributed by atoms with Crippen molar-refractivity contribution in [3.8, 4) is 23.0 Å². The van der Waals surface area contributed by atoms with Crippen LogP contribution in [-0.2, 0) is 27.6 Å². The van der Waals surface area contributed by atoms with Gasteiger partial charge in [-0.3, -0.25) is 44.0 Å². The molecule has 70 heavy (non-hydrogen) atoms. The number of nitrogens with zero attached hydrogens (tertiary/aromatic N) is 8. The molecule has 0 saturated carbocycles. The fourth-order valence-electron chi connectivity index (χ4n) is 9.77. The third-order valence-electron chi connectivity index (χ3n) is 13.3. The molecule has 0 spiro atoms. The number of alkyl halides is 2. The number of aromatic nitrogens is 3. The van der Waals surface area contributed by atoms with Crippen molar-refractivity contribution in [2.75, 3.05) is 87.9 Å². The van der Waals surface area contributed by atoms with E-state index >= 15 is 13.2 Å². The highest BCUT2D eigenvalue weighted by atomic mass is 32.2. The number of imide groups is 2. The first-order valence-corrected chi connectivity index (χ1v) is 25.0. The van der Waals surface area contributed by atoms with E-state index in [0.29, 0.717) is 92.5 Å². The fraction of sp³-hybridized carbons (Fsp3) is 0.417. The molecule has 5 aromatic rings. The first kappa shape index (κ1) is 48.3. The number of pyridine rings is 1. The maximum absolute atomic E-state index is 15.8. The number of carbonyl (C=O) groups is 4. The molecular weight excluding hydrogens is 936 g/mol. The van der Waals surface area contributed by atoms with Gasteiger partial charge >= 0.3 is 6.03 Å². The molecule has 0 bridgehead atoms. The van der Waals surface area contributed by atoms with Crippen molar-refractivity contribution in [3.05, 3.63) is 94.9 Å². The first-order valence-electron chi connectivity index (χ1n) is 22.9. The smallest absolute Gasteiger partial charge is 0.329 e. The lowest BCUT2D eigenvalue weighted by Gasteiger charge is -2.43. The summed E-state index contributed by atoms with van der Waals surface area (Å²) >= 11 is 0. The van der Waals surface area contributed by atoms with Gasteiger partial charge in [-0.15, -0.1) is 0 Å². The summed E-state index contributed by atoms with van der Waals surface area (Å²) in [5.41, 5.74) is 0.886. The van der Waals surface area contributed by atoms with Crippen LogP contribution < -0.4 is 29.3 Å². The normalized spacial score (nSPS) is 18.1. The molecule has 1 N–H and O–H groups in total. The van der Waals surface area contributed by atoms with Gasteiger partial charge in [0.15, 0.2) is 28.9 Å². The van der Waals surface area contributed by atoms with E-state index in [2.05, 4.69) is 20.3 Å². The van der Waals surface area contributed by atoms with Gasteiger partial charge in [-0.05, 0) is 86.9 Å². The van der Waals surface area contributed by atoms with Crippen molar-refractivity contribution in [1.29, 1.82) is 0 Å². The summed E-state index contributed by atoms with van der Waals surface area (Å²) in [6, 6.07) is 12.5. The zero-order chi connectivity index (χ0) is 49.6. The molecule has 370 valence electrons. The van der Waals surface area contributed by atoms with Crippen molar-refractivity contribution in [3.63, 3.8) is 0 Å². The maximum Gasteiger partial charge on any atom is 0.329 e. The second kappa shape index (κ2) is 19.2. The number of aryl methyl sites for hydroxylation is 1. The van der Waals surface area contributed by atoms with E-state index in [0.717, 1.165) is 11.2 Å². The summed E-state index contributed by atoms with van der Waals surface area (Å²) < 4.78 is 90.8. The Balaban J connectivity index is 0.796. The molecule has 3 saturated heterocycles. The number of hydrogen-bond acceptors (Lipinski definition) is 14. The van der Waals surface area contributed by atoms with E-state index in [9.17, 15) is 27.6 Å². The SMILES string of the molecule is CCOc1cc([C@@H](CS(C)(=O)=O)N2C(=O)c3ccnc(N4CCN(C5CCN(CC(F)(F)c6ccc(Oc7cc8c(cc7F)c(N7CCC(=O)NC7=O)nn8C)cc6)CC5)CC4)c3C2=O)ccc1OC. The van der Waals surface area contributed by atoms with Crippen LogP contribution in [0.3, 0.4) is 0 Å². The van der Waals surface area contributed by atoms with Crippen LogP contribution in [0, 0.1) is 5.82 Å². The number of ether oxygens (including phenoxy) is 3. The maximum atomic E-state index is 15.8. The quantitative estimate of drug-likeness (QED) is 0.129. The lowest BCUT2D eigenvalue weighted by molar-refractivity contribution is -0.120. The Hall–Kier alpha value is -6.78. The predicted molar refractivity (Wildman–Crippen MR) is 251 cm³/mol. The van der Waals surface area contributed by atoms with Crippen LogP contribution in [0.2, 0.25) is 0 Å². The summed E-state index contributed by atoms with van der Waals surface area (Å²) in [5.74, 6) is -4.86. The Morgan fingerprint density at radius 3 is 2.27 bits per heavy atom. The highest BCUT2D eigenvalue weighted by molar-refractivity contribution is 7.90. The Labute approximate surface area is 401 Å². The number of sulfone groups is 1. The van der Waals surface area contributed by atoms with Crippen LogP contribution in [0.1, 0.15) is 64.1 Å². The summed E-state index contributed by atoms with van der Waals surface area (Å²) in [5, 5.41) is 6.93. The van der Waals surface area contributed by atoms with E-state index in [1.807, 2.05) is 4.90 Å². The molecule has 0 unspecified atom stereocenters. The van der Waals surface area contributed by atoms with Gasteiger partial charge in [0.1, 0.15) is 21.4 Å². The van der Waals surface area contributed by atoms with Gasteiger partial charge in [0.2, 0.25) is 5.91 Å². The lowest BCUT2D eigenvalue weighted by Crippen LogP contribution is -2.54. The van der Waals surface area contributed by atoms with Crippen LogP contribution in [0.25, 0.3) is 10.9 Å². The van der Waals surface area contributed by atoms with Crippen LogP contribution in [0.4, 0.5) is 29.6 Å². The van der Waals surface area contributed by atoms with Crippen LogP contribution >= 0.6 is 0 Å². The van der Waals surface area contributed by atoms with E-state index in [1.54, 1.807) is 37.1 Å². The minimum Gasteiger partial charge on any atom is -0.493 e. The number of fused-ring (bicyclic) bond motifs is 2. The topological polar surface area (TPSA) is 189 Å². The van der Waals surface area contributed by atoms with Gasteiger partial charge in [-0.25, -0.2) is 22.6 Å². The molecule has 0 radical (unpaired) electrons. The van der Waals surface area contributed by atoms with Crippen molar-refractivity contribution in [1.82, 2.24) is 34.8 Å². The number of benzene rings is 3. The molecule has 4 aliphatic heterocycles. The largest absolute Gasteiger partial charge is 0.493 e. The minimum absolute atomic E-state index is 0.0717. The van der Waals surface area contributed by atoms with Crippen molar-refractivity contribution in [2.45, 2.75) is 44.2 Å². The van der Waals surface area contributed by atoms with Crippen LogP contribution in [0.15, 0.2) is 66.9 Å².